The van der Waals surface area contributed by atoms with Crippen LogP contribution in [0, 0.1) is 0 Å². The fourth-order valence-corrected chi connectivity index (χ4v) is 2.68. The molecule has 1 unspecified atom stereocenters. The lowest BCUT2D eigenvalue weighted by Gasteiger charge is -2.14. The molecule has 0 radical (unpaired) electrons. The molecule has 2 aromatic rings. The van der Waals surface area contributed by atoms with Crippen LogP contribution < -0.4 is 5.32 Å². The van der Waals surface area contributed by atoms with Gasteiger partial charge in [0.1, 0.15) is 5.75 Å². The predicted molar refractivity (Wildman–Crippen MR) is 75.4 cm³/mol. The zero-order valence-corrected chi connectivity index (χ0v) is 11.3. The number of anilines is 1. The van der Waals surface area contributed by atoms with Gasteiger partial charge in [0, 0.05) is 12.2 Å². The molecule has 1 aromatic heterocycles. The number of phenolic OH excluding ortho intramolecular Hbond substituents is 1. The Labute approximate surface area is 113 Å². The van der Waals surface area contributed by atoms with Gasteiger partial charge in [-0.05, 0) is 43.9 Å². The maximum absolute atomic E-state index is 9.85. The summed E-state index contributed by atoms with van der Waals surface area (Å²) in [5.41, 5.74) is 3.32. The summed E-state index contributed by atoms with van der Waals surface area (Å²) >= 11 is 0. The minimum atomic E-state index is 0.270. The Morgan fingerprint density at radius 3 is 3.00 bits per heavy atom. The van der Waals surface area contributed by atoms with Gasteiger partial charge in [0.15, 0.2) is 0 Å². The van der Waals surface area contributed by atoms with Crippen molar-refractivity contribution in [3.63, 3.8) is 0 Å². The molecule has 1 atom stereocenters. The molecule has 100 valence electrons. The number of aromatic hydroxyl groups is 1. The molecule has 19 heavy (non-hydrogen) atoms. The van der Waals surface area contributed by atoms with Crippen molar-refractivity contribution in [2.45, 2.75) is 38.8 Å². The van der Waals surface area contributed by atoms with Gasteiger partial charge in [-0.1, -0.05) is 12.1 Å². The first kappa shape index (κ1) is 12.1. The van der Waals surface area contributed by atoms with Crippen molar-refractivity contribution in [2.75, 3.05) is 5.32 Å². The number of hydrogen-bond donors (Lipinski definition) is 2. The van der Waals surface area contributed by atoms with E-state index < -0.39 is 0 Å². The van der Waals surface area contributed by atoms with Crippen LogP contribution in [-0.2, 0) is 6.42 Å². The molecule has 1 aromatic carbocycles. The van der Waals surface area contributed by atoms with E-state index in [0.29, 0.717) is 11.8 Å². The molecule has 0 bridgehead atoms. The van der Waals surface area contributed by atoms with Gasteiger partial charge in [0.05, 0.1) is 17.9 Å². The highest BCUT2D eigenvalue weighted by Crippen LogP contribution is 2.38. The van der Waals surface area contributed by atoms with Gasteiger partial charge in [-0.2, -0.15) is 5.10 Å². The van der Waals surface area contributed by atoms with E-state index in [0.717, 1.165) is 24.1 Å². The van der Waals surface area contributed by atoms with Crippen LogP contribution in [0.5, 0.6) is 5.75 Å². The largest absolute Gasteiger partial charge is 0.508 e. The molecule has 0 saturated carbocycles. The number of nitrogens with zero attached hydrogens (tertiary/aromatic N) is 2. The average Bonchev–Trinajstić information content (AvgIpc) is 2.98. The standard InChI is InChI=1S/C15H19N3O/c1-10(2)18-9-11(8-16-18)17-14-7-6-13-12(14)4-3-5-15(13)19/h3-5,8-10,14,17,19H,6-7H2,1-2H3. The van der Waals surface area contributed by atoms with Gasteiger partial charge in [-0.25, -0.2) is 0 Å². The van der Waals surface area contributed by atoms with Gasteiger partial charge >= 0.3 is 0 Å². The van der Waals surface area contributed by atoms with Gasteiger partial charge in [-0.3, -0.25) is 4.68 Å². The lowest BCUT2D eigenvalue weighted by Crippen LogP contribution is -2.06. The fourth-order valence-electron chi connectivity index (χ4n) is 2.68. The van der Waals surface area contributed by atoms with Crippen LogP contribution in [0.4, 0.5) is 5.69 Å². The van der Waals surface area contributed by atoms with Crippen LogP contribution in [0.15, 0.2) is 30.6 Å². The van der Waals surface area contributed by atoms with Crippen LogP contribution >= 0.6 is 0 Å². The molecule has 4 heteroatoms. The molecule has 3 rings (SSSR count). The van der Waals surface area contributed by atoms with Gasteiger partial charge in [0.2, 0.25) is 0 Å². The number of benzene rings is 1. The second kappa shape index (κ2) is 4.61. The van der Waals surface area contributed by atoms with Crippen molar-refractivity contribution in [3.05, 3.63) is 41.7 Å². The smallest absolute Gasteiger partial charge is 0.119 e. The van der Waals surface area contributed by atoms with Crippen molar-refractivity contribution in [3.8, 4) is 5.75 Å². The van der Waals surface area contributed by atoms with E-state index in [4.69, 9.17) is 0 Å². The summed E-state index contributed by atoms with van der Waals surface area (Å²) in [5, 5.41) is 17.7. The second-order valence-electron chi connectivity index (χ2n) is 5.38. The maximum Gasteiger partial charge on any atom is 0.119 e. The van der Waals surface area contributed by atoms with Gasteiger partial charge in [0.25, 0.3) is 0 Å². The lowest BCUT2D eigenvalue weighted by atomic mass is 10.1. The summed E-state index contributed by atoms with van der Waals surface area (Å²) < 4.78 is 1.95. The SMILES string of the molecule is CC(C)n1cc(NC2CCc3c(O)cccc32)cn1. The molecule has 0 spiro atoms. The number of phenols is 1. The van der Waals surface area contributed by atoms with E-state index in [1.807, 2.05) is 23.1 Å². The molecular weight excluding hydrogens is 238 g/mol. The van der Waals surface area contributed by atoms with E-state index >= 15 is 0 Å². The molecule has 4 nitrogen and oxygen atoms in total. The van der Waals surface area contributed by atoms with Crippen molar-refractivity contribution in [1.82, 2.24) is 9.78 Å². The highest BCUT2D eigenvalue weighted by Gasteiger charge is 2.24. The highest BCUT2D eigenvalue weighted by atomic mass is 16.3. The second-order valence-corrected chi connectivity index (χ2v) is 5.38. The third-order valence-electron chi connectivity index (χ3n) is 3.72. The predicted octanol–water partition coefficient (Wildman–Crippen LogP) is 3.27. The third kappa shape index (κ3) is 2.18. The average molecular weight is 257 g/mol. The number of rotatable bonds is 3. The van der Waals surface area contributed by atoms with E-state index in [-0.39, 0.29) is 6.04 Å². The third-order valence-corrected chi connectivity index (χ3v) is 3.72. The lowest BCUT2D eigenvalue weighted by molar-refractivity contribution is 0.469. The molecule has 1 aliphatic rings. The Kier molecular flexibility index (Phi) is 2.93. The maximum atomic E-state index is 9.85. The number of nitrogens with one attached hydrogen (secondary N) is 1. The fraction of sp³-hybridized carbons (Fsp3) is 0.400. The normalized spacial score (nSPS) is 17.7. The molecule has 0 amide bonds. The van der Waals surface area contributed by atoms with Crippen molar-refractivity contribution in [2.24, 2.45) is 0 Å². The van der Waals surface area contributed by atoms with Gasteiger partial charge < -0.3 is 10.4 Å². The molecule has 2 N–H and O–H groups in total. The minimum Gasteiger partial charge on any atom is -0.508 e. The first-order valence-corrected chi connectivity index (χ1v) is 6.76. The number of aromatic nitrogens is 2. The van der Waals surface area contributed by atoms with Crippen LogP contribution in [0.2, 0.25) is 0 Å². The van der Waals surface area contributed by atoms with Crippen LogP contribution in [0.3, 0.4) is 0 Å². The molecule has 0 fully saturated rings. The molecular formula is C15H19N3O. The van der Waals surface area contributed by atoms with E-state index in [1.54, 1.807) is 6.07 Å². The summed E-state index contributed by atoms with van der Waals surface area (Å²) in [6.45, 7) is 4.22. The number of hydrogen-bond acceptors (Lipinski definition) is 3. The first-order chi connectivity index (χ1) is 9.15. The highest BCUT2D eigenvalue weighted by molar-refractivity contribution is 5.49. The van der Waals surface area contributed by atoms with Crippen LogP contribution in [-0.4, -0.2) is 14.9 Å². The summed E-state index contributed by atoms with van der Waals surface area (Å²) in [7, 11) is 0. The topological polar surface area (TPSA) is 50.1 Å². The summed E-state index contributed by atoms with van der Waals surface area (Å²) in [4.78, 5) is 0. The number of fused-ring (bicyclic) bond motifs is 1. The van der Waals surface area contributed by atoms with E-state index in [2.05, 4.69) is 30.3 Å². The monoisotopic (exact) mass is 257 g/mol. The first-order valence-electron chi connectivity index (χ1n) is 6.76. The van der Waals surface area contributed by atoms with E-state index in [9.17, 15) is 5.11 Å². The Morgan fingerprint density at radius 2 is 2.26 bits per heavy atom. The quantitative estimate of drug-likeness (QED) is 0.887. The van der Waals surface area contributed by atoms with Crippen molar-refractivity contribution >= 4 is 5.69 Å². The van der Waals surface area contributed by atoms with Gasteiger partial charge in [-0.15, -0.1) is 0 Å². The summed E-state index contributed by atoms with van der Waals surface area (Å²) in [6.07, 6.45) is 5.84. The molecule has 1 aliphatic carbocycles. The Balaban J connectivity index is 1.81. The van der Waals surface area contributed by atoms with Crippen molar-refractivity contribution < 1.29 is 5.11 Å². The Bertz CT molecular complexity index is 589. The van der Waals surface area contributed by atoms with Crippen molar-refractivity contribution in [1.29, 1.82) is 0 Å². The Morgan fingerprint density at radius 1 is 1.42 bits per heavy atom. The van der Waals surface area contributed by atoms with Crippen LogP contribution in [0.1, 0.15) is 43.5 Å². The van der Waals surface area contributed by atoms with E-state index in [1.165, 1.54) is 5.56 Å². The Hall–Kier alpha value is -1.97. The van der Waals surface area contributed by atoms with Crippen LogP contribution in [0.25, 0.3) is 0 Å². The summed E-state index contributed by atoms with van der Waals surface area (Å²) in [6, 6.07) is 6.40. The molecule has 1 heterocycles. The minimum absolute atomic E-state index is 0.270. The molecule has 0 saturated heterocycles. The zero-order chi connectivity index (χ0) is 13.4. The molecule has 0 aliphatic heterocycles. The zero-order valence-electron chi connectivity index (χ0n) is 11.3. The summed E-state index contributed by atoms with van der Waals surface area (Å²) in [5.74, 6) is 0.416.